The molecule has 0 saturated heterocycles. The fraction of sp³-hybridized carbons (Fsp3) is 0.438. The number of hydrogen-bond donors (Lipinski definition) is 1. The second-order valence-electron chi connectivity index (χ2n) is 5.53. The van der Waals surface area contributed by atoms with E-state index in [0.717, 1.165) is 22.9 Å². The molecule has 20 heavy (non-hydrogen) atoms. The zero-order valence-electron chi connectivity index (χ0n) is 12.4. The van der Waals surface area contributed by atoms with Crippen molar-refractivity contribution in [3.05, 3.63) is 45.4 Å². The summed E-state index contributed by atoms with van der Waals surface area (Å²) in [5.41, 5.74) is 2.36. The lowest BCUT2D eigenvalue weighted by atomic mass is 10.1. The van der Waals surface area contributed by atoms with E-state index in [1.54, 1.807) is 25.2 Å². The van der Waals surface area contributed by atoms with Crippen molar-refractivity contribution < 1.29 is 9.84 Å². The van der Waals surface area contributed by atoms with Gasteiger partial charge in [-0.15, -0.1) is 11.3 Å². The van der Waals surface area contributed by atoms with Gasteiger partial charge in [0.2, 0.25) is 0 Å². The summed E-state index contributed by atoms with van der Waals surface area (Å²) in [5.74, 6) is 0.896. The summed E-state index contributed by atoms with van der Waals surface area (Å²) in [7, 11) is 0. The third-order valence-corrected chi connectivity index (χ3v) is 4.15. The molecular formula is C16H21NO2S. The molecule has 0 amide bonds. The second-order valence-corrected chi connectivity index (χ2v) is 6.47. The molecule has 1 aromatic heterocycles. The average molecular weight is 291 g/mol. The maximum atomic E-state index is 9.88. The first-order chi connectivity index (χ1) is 9.36. The van der Waals surface area contributed by atoms with E-state index >= 15 is 0 Å². The summed E-state index contributed by atoms with van der Waals surface area (Å²) in [5, 5.41) is 12.8. The molecule has 2 aromatic rings. The molecular weight excluding hydrogens is 270 g/mol. The minimum absolute atomic E-state index is 0.599. The van der Waals surface area contributed by atoms with Gasteiger partial charge in [0, 0.05) is 11.8 Å². The highest BCUT2D eigenvalue weighted by molar-refractivity contribution is 7.09. The van der Waals surface area contributed by atoms with Gasteiger partial charge in [0.25, 0.3) is 0 Å². The van der Waals surface area contributed by atoms with Crippen molar-refractivity contribution in [3.63, 3.8) is 0 Å². The number of hydrogen-bond acceptors (Lipinski definition) is 4. The Bertz CT molecular complexity index is 584. The van der Waals surface area contributed by atoms with E-state index in [9.17, 15) is 5.11 Å². The van der Waals surface area contributed by atoms with E-state index in [1.165, 1.54) is 11.1 Å². The van der Waals surface area contributed by atoms with E-state index in [4.69, 9.17) is 4.74 Å². The fourth-order valence-corrected chi connectivity index (χ4v) is 2.71. The van der Waals surface area contributed by atoms with Gasteiger partial charge >= 0.3 is 0 Å². The number of rotatable bonds is 5. The molecule has 0 atom stereocenters. The Kier molecular flexibility index (Phi) is 4.45. The van der Waals surface area contributed by atoms with Crippen molar-refractivity contribution in [2.75, 3.05) is 6.61 Å². The summed E-state index contributed by atoms with van der Waals surface area (Å²) >= 11 is 1.57. The topological polar surface area (TPSA) is 42.4 Å². The van der Waals surface area contributed by atoms with E-state index in [-0.39, 0.29) is 0 Å². The lowest BCUT2D eigenvalue weighted by Crippen LogP contribution is -2.16. The molecule has 1 heterocycles. The van der Waals surface area contributed by atoms with Crippen LogP contribution in [0, 0.1) is 13.8 Å². The third-order valence-electron chi connectivity index (χ3n) is 3.24. The molecule has 4 heteroatoms. The summed E-state index contributed by atoms with van der Waals surface area (Å²) in [4.78, 5) is 4.43. The molecule has 0 radical (unpaired) electrons. The molecule has 0 aliphatic carbocycles. The highest BCUT2D eigenvalue weighted by Crippen LogP contribution is 2.22. The number of nitrogens with zero attached hydrogens (tertiary/aromatic N) is 1. The fourth-order valence-electron chi connectivity index (χ4n) is 1.77. The summed E-state index contributed by atoms with van der Waals surface area (Å²) in [6.45, 7) is 8.27. The maximum absolute atomic E-state index is 9.88. The normalized spacial score (nSPS) is 11.7. The van der Waals surface area contributed by atoms with Crippen LogP contribution in [0.15, 0.2) is 23.6 Å². The number of thiazole rings is 1. The quantitative estimate of drug-likeness (QED) is 0.915. The summed E-state index contributed by atoms with van der Waals surface area (Å²) < 4.78 is 5.74. The monoisotopic (exact) mass is 291 g/mol. The molecule has 0 fully saturated rings. The number of benzene rings is 1. The lowest BCUT2D eigenvalue weighted by molar-refractivity contribution is 0.0743. The van der Waals surface area contributed by atoms with Crippen LogP contribution in [0.4, 0.5) is 0 Å². The predicted molar refractivity (Wildman–Crippen MR) is 82.5 cm³/mol. The van der Waals surface area contributed by atoms with Crippen LogP contribution in [0.2, 0.25) is 0 Å². The molecule has 0 unspecified atom stereocenters. The standard InChI is InChI=1S/C16H21NO2S/c1-11-5-6-13(9-12(11)2)19-8-7-15-17-14(10-20-15)16(3,4)18/h5-6,9-10,18H,7-8H2,1-4H3. The first kappa shape index (κ1) is 15.0. The highest BCUT2D eigenvalue weighted by Gasteiger charge is 2.19. The SMILES string of the molecule is Cc1ccc(OCCc2nc(C(C)(C)O)cs2)cc1C. The lowest BCUT2D eigenvalue weighted by Gasteiger charge is -2.13. The van der Waals surface area contributed by atoms with Gasteiger partial charge in [-0.1, -0.05) is 6.07 Å². The first-order valence-corrected chi connectivity index (χ1v) is 7.61. The van der Waals surface area contributed by atoms with Crippen molar-refractivity contribution in [1.82, 2.24) is 4.98 Å². The number of aromatic nitrogens is 1. The zero-order valence-corrected chi connectivity index (χ0v) is 13.3. The number of aryl methyl sites for hydroxylation is 2. The van der Waals surface area contributed by atoms with Gasteiger partial charge in [-0.25, -0.2) is 4.98 Å². The van der Waals surface area contributed by atoms with Crippen LogP contribution in [0.5, 0.6) is 5.75 Å². The molecule has 2 rings (SSSR count). The molecule has 1 aromatic carbocycles. The Morgan fingerprint density at radius 1 is 1.25 bits per heavy atom. The van der Waals surface area contributed by atoms with E-state index < -0.39 is 5.60 Å². The van der Waals surface area contributed by atoms with Crippen LogP contribution >= 0.6 is 11.3 Å². The van der Waals surface area contributed by atoms with Crippen LogP contribution in [0.25, 0.3) is 0 Å². The van der Waals surface area contributed by atoms with Crippen molar-refractivity contribution in [2.45, 2.75) is 39.7 Å². The van der Waals surface area contributed by atoms with Gasteiger partial charge < -0.3 is 9.84 Å². The van der Waals surface area contributed by atoms with Crippen molar-refractivity contribution >= 4 is 11.3 Å². The van der Waals surface area contributed by atoms with E-state index in [0.29, 0.717) is 6.61 Å². The van der Waals surface area contributed by atoms with Crippen molar-refractivity contribution in [3.8, 4) is 5.75 Å². The average Bonchev–Trinajstić information content (AvgIpc) is 2.82. The minimum Gasteiger partial charge on any atom is -0.493 e. The predicted octanol–water partition coefficient (Wildman–Crippen LogP) is 3.61. The summed E-state index contributed by atoms with van der Waals surface area (Å²) in [6, 6.07) is 6.12. The first-order valence-electron chi connectivity index (χ1n) is 6.73. The van der Waals surface area contributed by atoms with Crippen LogP contribution in [-0.4, -0.2) is 16.7 Å². The Morgan fingerprint density at radius 2 is 2.00 bits per heavy atom. The molecule has 0 spiro atoms. The molecule has 1 N–H and O–H groups in total. The van der Waals surface area contributed by atoms with Crippen molar-refractivity contribution in [1.29, 1.82) is 0 Å². The second kappa shape index (κ2) is 5.94. The summed E-state index contributed by atoms with van der Waals surface area (Å²) in [6.07, 6.45) is 0.758. The highest BCUT2D eigenvalue weighted by atomic mass is 32.1. The smallest absolute Gasteiger partial charge is 0.119 e. The maximum Gasteiger partial charge on any atom is 0.119 e. The van der Waals surface area contributed by atoms with E-state index in [1.807, 2.05) is 11.4 Å². The molecule has 0 saturated carbocycles. The minimum atomic E-state index is -0.871. The van der Waals surface area contributed by atoms with Gasteiger partial charge in [-0.05, 0) is 51.0 Å². The molecule has 108 valence electrons. The Morgan fingerprint density at radius 3 is 2.60 bits per heavy atom. The van der Waals surface area contributed by atoms with Gasteiger partial charge in [-0.2, -0.15) is 0 Å². The Labute approximate surface area is 124 Å². The van der Waals surface area contributed by atoms with E-state index in [2.05, 4.69) is 31.0 Å². The molecule has 0 aliphatic rings. The number of aliphatic hydroxyl groups is 1. The Hall–Kier alpha value is -1.39. The van der Waals surface area contributed by atoms with Gasteiger partial charge in [0.05, 0.1) is 17.3 Å². The van der Waals surface area contributed by atoms with Gasteiger partial charge in [-0.3, -0.25) is 0 Å². The molecule has 0 bridgehead atoms. The molecule has 3 nitrogen and oxygen atoms in total. The van der Waals surface area contributed by atoms with Crippen molar-refractivity contribution in [2.24, 2.45) is 0 Å². The Balaban J connectivity index is 1.89. The largest absolute Gasteiger partial charge is 0.493 e. The third kappa shape index (κ3) is 3.81. The van der Waals surface area contributed by atoms with Crippen LogP contribution in [0.3, 0.4) is 0 Å². The number of ether oxygens (including phenoxy) is 1. The molecule has 0 aliphatic heterocycles. The van der Waals surface area contributed by atoms with Crippen LogP contribution in [0.1, 0.15) is 35.7 Å². The van der Waals surface area contributed by atoms with Gasteiger partial charge in [0.15, 0.2) is 0 Å². The van der Waals surface area contributed by atoms with Crippen LogP contribution in [-0.2, 0) is 12.0 Å². The van der Waals surface area contributed by atoms with Gasteiger partial charge in [0.1, 0.15) is 11.4 Å². The van der Waals surface area contributed by atoms with Crippen LogP contribution < -0.4 is 4.74 Å². The zero-order chi connectivity index (χ0) is 14.8.